The van der Waals surface area contributed by atoms with Crippen LogP contribution in [0.15, 0.2) is 18.7 Å². The summed E-state index contributed by atoms with van der Waals surface area (Å²) in [5.41, 5.74) is 1.14. The molecule has 0 aromatic carbocycles. The van der Waals surface area contributed by atoms with Crippen molar-refractivity contribution in [3.05, 3.63) is 30.2 Å². The van der Waals surface area contributed by atoms with Gasteiger partial charge in [0.1, 0.15) is 24.3 Å². The van der Waals surface area contributed by atoms with E-state index in [2.05, 4.69) is 56.9 Å². The number of hydrogen-bond donors (Lipinski definition) is 1. The van der Waals surface area contributed by atoms with Crippen molar-refractivity contribution in [1.29, 1.82) is 0 Å². The highest BCUT2D eigenvalue weighted by Gasteiger charge is 2.24. The molecule has 3 rings (SSSR count). The summed E-state index contributed by atoms with van der Waals surface area (Å²) in [5, 5.41) is 6.93. The van der Waals surface area contributed by atoms with E-state index >= 15 is 0 Å². The van der Waals surface area contributed by atoms with Gasteiger partial charge in [-0.3, -0.25) is 5.10 Å². The minimum atomic E-state index is 0.0514. The number of piperidine rings is 1. The van der Waals surface area contributed by atoms with Gasteiger partial charge in [-0.25, -0.2) is 15.0 Å². The maximum atomic E-state index is 4.44. The van der Waals surface area contributed by atoms with Gasteiger partial charge in [0.2, 0.25) is 0 Å². The van der Waals surface area contributed by atoms with E-state index in [1.807, 2.05) is 0 Å². The lowest BCUT2D eigenvalue weighted by Gasteiger charge is -2.32. The highest BCUT2D eigenvalue weighted by molar-refractivity contribution is 5.41. The molecule has 1 saturated heterocycles. The molecule has 0 bridgehead atoms. The fourth-order valence-electron chi connectivity index (χ4n) is 2.72. The molecule has 0 spiro atoms. The van der Waals surface area contributed by atoms with Crippen molar-refractivity contribution in [3.63, 3.8) is 0 Å². The average molecular weight is 286 g/mol. The Morgan fingerprint density at radius 2 is 1.86 bits per heavy atom. The van der Waals surface area contributed by atoms with Crippen LogP contribution in [-0.2, 0) is 5.41 Å². The van der Waals surface area contributed by atoms with Crippen molar-refractivity contribution in [2.45, 2.75) is 44.9 Å². The molecule has 0 saturated carbocycles. The number of H-pyrrole nitrogens is 1. The molecule has 21 heavy (non-hydrogen) atoms. The van der Waals surface area contributed by atoms with Crippen LogP contribution in [0.25, 0.3) is 0 Å². The first-order valence-corrected chi connectivity index (χ1v) is 7.47. The topological polar surface area (TPSA) is 70.6 Å². The zero-order valence-electron chi connectivity index (χ0n) is 12.9. The quantitative estimate of drug-likeness (QED) is 0.917. The second-order valence-electron chi connectivity index (χ2n) is 6.64. The second-order valence-corrected chi connectivity index (χ2v) is 6.64. The van der Waals surface area contributed by atoms with E-state index in [9.17, 15) is 0 Å². The number of aromatic amines is 1. The van der Waals surface area contributed by atoms with Crippen LogP contribution in [0.1, 0.15) is 51.0 Å². The van der Waals surface area contributed by atoms with Gasteiger partial charge in [0.25, 0.3) is 0 Å². The summed E-state index contributed by atoms with van der Waals surface area (Å²) < 4.78 is 0. The lowest BCUT2D eigenvalue weighted by atomic mass is 9.91. The summed E-state index contributed by atoms with van der Waals surface area (Å²) >= 11 is 0. The summed E-state index contributed by atoms with van der Waals surface area (Å²) in [4.78, 5) is 15.5. The van der Waals surface area contributed by atoms with Crippen LogP contribution in [0.2, 0.25) is 0 Å². The zero-order valence-corrected chi connectivity index (χ0v) is 12.9. The Hall–Kier alpha value is -1.98. The Bertz CT molecular complexity index is 578. The summed E-state index contributed by atoms with van der Waals surface area (Å²) in [6.45, 7) is 8.51. The van der Waals surface area contributed by atoms with Gasteiger partial charge >= 0.3 is 0 Å². The van der Waals surface area contributed by atoms with Crippen LogP contribution in [0.3, 0.4) is 0 Å². The van der Waals surface area contributed by atoms with Gasteiger partial charge in [0.15, 0.2) is 0 Å². The molecule has 1 N–H and O–H groups in total. The fourth-order valence-corrected chi connectivity index (χ4v) is 2.72. The molecule has 112 valence electrons. The molecule has 6 heteroatoms. The number of aromatic nitrogens is 5. The van der Waals surface area contributed by atoms with E-state index in [1.165, 1.54) is 0 Å². The van der Waals surface area contributed by atoms with E-state index in [1.54, 1.807) is 12.7 Å². The Balaban J connectivity index is 1.70. The number of nitrogens with one attached hydrogen (secondary N) is 1. The van der Waals surface area contributed by atoms with E-state index in [4.69, 9.17) is 0 Å². The molecule has 2 aromatic rings. The fraction of sp³-hybridized carbons (Fsp3) is 0.600. The molecular formula is C15H22N6. The molecular weight excluding hydrogens is 264 g/mol. The third-order valence-electron chi connectivity index (χ3n) is 4.06. The average Bonchev–Trinajstić information content (AvgIpc) is 3.01. The molecule has 0 atom stereocenters. The van der Waals surface area contributed by atoms with Crippen LogP contribution in [0.4, 0.5) is 5.82 Å². The van der Waals surface area contributed by atoms with Crippen molar-refractivity contribution in [2.24, 2.45) is 0 Å². The van der Waals surface area contributed by atoms with Gasteiger partial charge in [0.05, 0.1) is 5.69 Å². The standard InChI is InChI=1S/C15H22N6/c1-15(2,3)12-8-13(17-9-16-12)21-6-4-11(5-7-21)14-18-10-19-20-14/h8-11H,4-7H2,1-3H3,(H,18,19,20). The summed E-state index contributed by atoms with van der Waals surface area (Å²) in [7, 11) is 0. The SMILES string of the molecule is CC(C)(C)c1cc(N2CCC(c3ncn[nH]3)CC2)ncn1. The Morgan fingerprint density at radius 1 is 1.10 bits per heavy atom. The van der Waals surface area contributed by atoms with Crippen molar-refractivity contribution in [1.82, 2.24) is 25.1 Å². The van der Waals surface area contributed by atoms with Gasteiger partial charge in [-0.15, -0.1) is 0 Å². The van der Waals surface area contributed by atoms with Crippen LogP contribution in [0, 0.1) is 0 Å². The van der Waals surface area contributed by atoms with E-state index < -0.39 is 0 Å². The smallest absolute Gasteiger partial charge is 0.137 e. The van der Waals surface area contributed by atoms with Gasteiger partial charge in [-0.1, -0.05) is 20.8 Å². The Morgan fingerprint density at radius 3 is 2.48 bits per heavy atom. The Kier molecular flexibility index (Phi) is 3.61. The minimum absolute atomic E-state index is 0.0514. The molecule has 6 nitrogen and oxygen atoms in total. The van der Waals surface area contributed by atoms with Gasteiger partial charge in [-0.05, 0) is 12.8 Å². The number of rotatable bonds is 2. The predicted molar refractivity (Wildman–Crippen MR) is 81.3 cm³/mol. The predicted octanol–water partition coefficient (Wildman–Crippen LogP) is 2.28. The van der Waals surface area contributed by atoms with Gasteiger partial charge in [-0.2, -0.15) is 5.10 Å². The van der Waals surface area contributed by atoms with Crippen molar-refractivity contribution in [3.8, 4) is 0 Å². The van der Waals surface area contributed by atoms with E-state index in [0.29, 0.717) is 5.92 Å². The molecule has 1 aliphatic heterocycles. The molecule has 1 aliphatic rings. The summed E-state index contributed by atoms with van der Waals surface area (Å²) in [5.74, 6) is 2.52. The summed E-state index contributed by atoms with van der Waals surface area (Å²) in [6.07, 6.45) is 5.41. The lowest BCUT2D eigenvalue weighted by molar-refractivity contribution is 0.483. The lowest BCUT2D eigenvalue weighted by Crippen LogP contribution is -2.34. The van der Waals surface area contributed by atoms with Crippen LogP contribution >= 0.6 is 0 Å². The largest absolute Gasteiger partial charge is 0.356 e. The molecule has 3 heterocycles. The van der Waals surface area contributed by atoms with Crippen LogP contribution in [-0.4, -0.2) is 38.2 Å². The second kappa shape index (κ2) is 5.42. The van der Waals surface area contributed by atoms with Crippen molar-refractivity contribution in [2.75, 3.05) is 18.0 Å². The maximum Gasteiger partial charge on any atom is 0.137 e. The highest BCUT2D eigenvalue weighted by Crippen LogP contribution is 2.29. The van der Waals surface area contributed by atoms with Crippen molar-refractivity contribution >= 4 is 5.82 Å². The third-order valence-corrected chi connectivity index (χ3v) is 4.06. The molecule has 0 aliphatic carbocycles. The van der Waals surface area contributed by atoms with Gasteiger partial charge < -0.3 is 4.90 Å². The normalized spacial score (nSPS) is 17.2. The first-order valence-electron chi connectivity index (χ1n) is 7.47. The monoisotopic (exact) mass is 286 g/mol. The Labute approximate surface area is 125 Å². The summed E-state index contributed by atoms with van der Waals surface area (Å²) in [6, 6.07) is 2.12. The maximum absolute atomic E-state index is 4.44. The van der Waals surface area contributed by atoms with Crippen molar-refractivity contribution < 1.29 is 0 Å². The number of anilines is 1. The minimum Gasteiger partial charge on any atom is -0.356 e. The van der Waals surface area contributed by atoms with Crippen LogP contribution < -0.4 is 4.90 Å². The number of hydrogen-bond acceptors (Lipinski definition) is 5. The third kappa shape index (κ3) is 3.04. The first kappa shape index (κ1) is 14.0. The first-order chi connectivity index (χ1) is 10.0. The molecule has 0 radical (unpaired) electrons. The van der Waals surface area contributed by atoms with E-state index in [0.717, 1.165) is 43.3 Å². The molecule has 0 unspecified atom stereocenters. The van der Waals surface area contributed by atoms with Gasteiger partial charge in [0, 0.05) is 30.5 Å². The van der Waals surface area contributed by atoms with Crippen LogP contribution in [0.5, 0.6) is 0 Å². The zero-order chi connectivity index (χ0) is 14.9. The molecule has 0 amide bonds. The number of nitrogens with zero attached hydrogens (tertiary/aromatic N) is 5. The van der Waals surface area contributed by atoms with E-state index in [-0.39, 0.29) is 5.41 Å². The molecule has 2 aromatic heterocycles. The molecule has 1 fully saturated rings. The highest BCUT2D eigenvalue weighted by atomic mass is 15.2.